The average molecular weight is 1720 g/mol. The molecule has 6 heterocycles. The minimum atomic E-state index is -2.51. The van der Waals surface area contributed by atoms with E-state index in [1.54, 1.807) is 71.5 Å². The van der Waals surface area contributed by atoms with Gasteiger partial charge in [-0.25, -0.2) is 27.4 Å². The first-order valence-corrected chi connectivity index (χ1v) is 43.6. The topological polar surface area (TPSA) is 23.3 Å². The lowest BCUT2D eigenvalue weighted by Crippen LogP contribution is -2.31. The van der Waals surface area contributed by atoms with E-state index in [9.17, 15) is 0 Å². The largest absolute Gasteiger partial charge is 0.213 e. The van der Waals surface area contributed by atoms with Gasteiger partial charge in [0, 0.05) is 132 Å². The van der Waals surface area contributed by atoms with Gasteiger partial charge in [-0.15, -0.1) is 0 Å². The first-order valence-electron chi connectivity index (χ1n) is 54.1. The summed E-state index contributed by atoms with van der Waals surface area (Å²) in [4.78, 5) is 0. The van der Waals surface area contributed by atoms with Crippen LogP contribution in [0, 0.1) is 110 Å². The lowest BCUT2D eigenvalue weighted by atomic mass is 9.97. The molecule has 0 aliphatic carbocycles. The molecule has 0 N–H and O–H groups in total. The fourth-order valence-corrected chi connectivity index (χ4v) is 16.6. The van der Waals surface area contributed by atoms with Gasteiger partial charge in [-0.1, -0.05) is 266 Å². The Balaban J connectivity index is 0.000000151. The zero-order valence-corrected chi connectivity index (χ0v) is 77.0. The zero-order valence-electron chi connectivity index (χ0n) is 98.0. The summed E-state index contributed by atoms with van der Waals surface area (Å²) in [6.45, 7) is 2.19. The highest BCUT2D eigenvalue weighted by atomic mass is 14.9. The second-order valence-corrected chi connectivity index (χ2v) is 33.4. The third-order valence-electron chi connectivity index (χ3n) is 23.5. The molecule has 18 aromatic rings. The second kappa shape index (κ2) is 42.9. The first-order chi connectivity index (χ1) is 71.0. The lowest BCUT2D eigenvalue weighted by molar-refractivity contribution is -0.660. The summed E-state index contributed by atoms with van der Waals surface area (Å²) >= 11 is 0. The summed E-state index contributed by atoms with van der Waals surface area (Å²) in [5.41, 5.74) is 36.0. The van der Waals surface area contributed by atoms with Crippen LogP contribution in [0.15, 0.2) is 377 Å². The summed E-state index contributed by atoms with van der Waals surface area (Å²) in [6.07, 6.45) is 10.5. The van der Waals surface area contributed by atoms with Crippen LogP contribution in [-0.4, -0.2) is 0 Å². The van der Waals surface area contributed by atoms with Gasteiger partial charge in [0.2, 0.25) is 34.2 Å². The fourth-order valence-electron chi connectivity index (χ4n) is 16.6. The summed E-state index contributed by atoms with van der Waals surface area (Å²) in [6, 6.07) is 113. The SMILES string of the molecule is Cc1ccc(-c2cc(-c3ccccc3)c(C)c[n+]2C)c(C)c1.Cc1ccc(-c2ccc(-c3ccccc3)cc2C)[n+](C)c1.[2H]C([2H])([2H])c1cc(-c2ccc(-c3ccccc3)cc2C)[n+](C)cc1C([2H])([2H])[2H].[2H]C([2H])([2H])c1cc(-c2ccc(-c3ccccc3)cc2C)[n+](C)cc1C([2H])([2H])[2H].[2H]C([2H])([2H])c1ccc(-c2cc(-c3ccccc3)c(C([2H])([2H])[2H])c[n+]2C)c(C)c1.[2H]C([2H])([2H])c1ccc(-c2ccc(-c3ccccc3)cc2C)[n+](C)c1. The Morgan fingerprint density at radius 3 is 0.708 bits per heavy atom. The van der Waals surface area contributed by atoms with E-state index >= 15 is 0 Å². The quantitative estimate of drug-likeness (QED) is 0.109. The Labute approximate surface area is 805 Å². The number of hydrogen-bond acceptors (Lipinski definition) is 0. The maximum Gasteiger partial charge on any atom is 0.213 e. The molecular weight excluding hydrogens is 1570 g/mol. The summed E-state index contributed by atoms with van der Waals surface area (Å²) in [7, 11) is 11.4. The van der Waals surface area contributed by atoms with E-state index in [0.717, 1.165) is 83.7 Å². The molecule has 130 heavy (non-hydrogen) atoms. The highest BCUT2D eigenvalue weighted by Gasteiger charge is 2.23. The van der Waals surface area contributed by atoms with Crippen molar-refractivity contribution in [3.63, 3.8) is 0 Å². The van der Waals surface area contributed by atoms with Crippen LogP contribution in [0.25, 0.3) is 134 Å². The molecule has 0 radical (unpaired) electrons. The van der Waals surface area contributed by atoms with Gasteiger partial charge in [0.15, 0.2) is 37.2 Å². The number of pyridine rings is 6. The molecule has 0 spiro atoms. The van der Waals surface area contributed by atoms with Gasteiger partial charge >= 0.3 is 0 Å². The monoisotopic (exact) mass is 1720 g/mol. The Morgan fingerprint density at radius 2 is 0.392 bits per heavy atom. The molecule has 0 aliphatic heterocycles. The Bertz CT molecular complexity index is 7710. The van der Waals surface area contributed by atoms with Crippen molar-refractivity contribution in [2.75, 3.05) is 0 Å². The van der Waals surface area contributed by atoms with Crippen LogP contribution in [-0.2, 0) is 42.3 Å². The van der Waals surface area contributed by atoms with Gasteiger partial charge in [-0.2, -0.15) is 0 Å². The predicted molar refractivity (Wildman–Crippen MR) is 547 cm³/mol. The number of rotatable bonds is 12. The second-order valence-electron chi connectivity index (χ2n) is 33.4. The number of aryl methyl sites for hydroxylation is 22. The van der Waals surface area contributed by atoms with Crippen LogP contribution in [0.4, 0.5) is 0 Å². The highest BCUT2D eigenvalue weighted by molar-refractivity contribution is 5.78. The van der Waals surface area contributed by atoms with Crippen molar-refractivity contribution in [1.82, 2.24) is 0 Å². The molecule has 0 saturated heterocycles. The summed E-state index contributed by atoms with van der Waals surface area (Å²) < 4.78 is 174. The van der Waals surface area contributed by atoms with E-state index in [0.29, 0.717) is 28.1 Å². The van der Waals surface area contributed by atoms with Gasteiger partial charge in [-0.05, 0) is 270 Å². The smallest absolute Gasteiger partial charge is 0.201 e. The minimum Gasteiger partial charge on any atom is -0.201 e. The van der Waals surface area contributed by atoms with Crippen molar-refractivity contribution < 1.29 is 56.2 Å². The van der Waals surface area contributed by atoms with E-state index in [2.05, 4.69) is 235 Å². The number of hydrogen-bond donors (Lipinski definition) is 0. The highest BCUT2D eigenvalue weighted by Crippen LogP contribution is 2.36. The normalized spacial score (nSPS) is 13.8. The van der Waals surface area contributed by atoms with E-state index in [1.165, 1.54) is 108 Å². The minimum absolute atomic E-state index is 0.132. The van der Waals surface area contributed by atoms with Crippen LogP contribution in [0.1, 0.15) is 118 Å². The van der Waals surface area contributed by atoms with Crippen LogP contribution < -0.4 is 27.4 Å². The lowest BCUT2D eigenvalue weighted by Gasteiger charge is -2.10. The van der Waals surface area contributed by atoms with Crippen LogP contribution in [0.2, 0.25) is 0 Å². The van der Waals surface area contributed by atoms with Gasteiger partial charge in [0.05, 0.1) is 0 Å². The molecule has 6 aromatic heterocycles. The molecule has 0 unspecified atom stereocenters. The van der Waals surface area contributed by atoms with Crippen molar-refractivity contribution in [2.45, 2.75) is 110 Å². The van der Waals surface area contributed by atoms with Crippen LogP contribution in [0.5, 0.6) is 0 Å². The van der Waals surface area contributed by atoms with Crippen molar-refractivity contribution in [1.29, 1.82) is 0 Å². The van der Waals surface area contributed by atoms with E-state index in [1.807, 2.05) is 178 Å². The number of benzene rings is 12. The standard InChI is InChI=1S/4C21H22N.2C20H20N/c2*1-15-13-21(22(4)14-17(15)3)20-11-10-19(12-16(20)2)18-8-6-5-7-9-18;2*1-15-10-11-19(16(2)12-15)21-13-20(17(3)14-22(21)4)18-8-6-5-7-9-18;2*1-15-9-12-20(21(3)14-15)19-11-10-18(13-16(19)2)17-7-5-4-6-8-17/h4*5-14H,1-4H3;2*4-14H,1-3H3/q6*+1/i3*1D3,3D3;;1D3;. The maximum atomic E-state index is 7.93. The molecule has 6 nitrogen and oxygen atoms in total. The third kappa shape index (κ3) is 23.1. The molecule has 0 fully saturated rings. The van der Waals surface area contributed by atoms with Crippen LogP contribution in [0.3, 0.4) is 0 Å². The molecule has 12 aromatic carbocycles. The molecule has 0 saturated carbocycles. The molecule has 648 valence electrons. The Morgan fingerprint density at radius 1 is 0.146 bits per heavy atom. The summed E-state index contributed by atoms with van der Waals surface area (Å²) in [5, 5.41) is 0. The van der Waals surface area contributed by atoms with E-state index < -0.39 is 48.0 Å². The molecule has 0 amide bonds. The predicted octanol–water partition coefficient (Wildman–Crippen LogP) is 28.0. The van der Waals surface area contributed by atoms with Crippen molar-refractivity contribution in [3.8, 4) is 134 Å². The molecule has 6 heteroatoms. The molecule has 0 atom stereocenters. The average Bonchev–Trinajstić information content (AvgIpc) is 0.765. The van der Waals surface area contributed by atoms with Gasteiger partial charge in [0.1, 0.15) is 42.3 Å². The van der Waals surface area contributed by atoms with Gasteiger partial charge in [0.25, 0.3) is 0 Å². The number of nitrogens with zero attached hydrogens (tertiary/aromatic N) is 6. The molecule has 0 aliphatic rings. The molecular formula is C124H128N6+6. The molecule has 0 bridgehead atoms. The molecule has 18 rings (SSSR count). The third-order valence-corrected chi connectivity index (χ3v) is 23.5. The zero-order chi connectivity index (χ0) is 110. The first kappa shape index (κ1) is 68.7. The van der Waals surface area contributed by atoms with Gasteiger partial charge in [-0.3, -0.25) is 0 Å². The maximum absolute atomic E-state index is 7.93. The van der Waals surface area contributed by atoms with Crippen LogP contribution >= 0.6 is 0 Å². The van der Waals surface area contributed by atoms with E-state index in [4.69, 9.17) is 28.8 Å². The Hall–Kier alpha value is -14.5. The summed E-state index contributed by atoms with van der Waals surface area (Å²) in [5.74, 6) is 0. The van der Waals surface area contributed by atoms with Crippen molar-refractivity contribution in [3.05, 3.63) is 466 Å². The van der Waals surface area contributed by atoms with Crippen molar-refractivity contribution >= 4 is 0 Å². The fraction of sp³-hybridized carbons (Fsp3) is 0.177. The van der Waals surface area contributed by atoms with Gasteiger partial charge < -0.3 is 0 Å². The van der Waals surface area contributed by atoms with E-state index in [-0.39, 0.29) is 27.8 Å². The Kier molecular flexibility index (Phi) is 22.7. The van der Waals surface area contributed by atoms with Crippen molar-refractivity contribution in [2.24, 2.45) is 42.3 Å². The number of aromatic nitrogens is 6.